The fourth-order valence-electron chi connectivity index (χ4n) is 6.68. The van der Waals surface area contributed by atoms with Crippen LogP contribution in [0.5, 0.6) is 23.0 Å². The van der Waals surface area contributed by atoms with E-state index < -0.39 is 0 Å². The monoisotopic (exact) mass is 736 g/mol. The molecule has 8 nitrogen and oxygen atoms in total. The third kappa shape index (κ3) is 16.1. The van der Waals surface area contributed by atoms with Crippen molar-refractivity contribution in [2.75, 3.05) is 67.3 Å². The first kappa shape index (κ1) is 40.5. The second kappa shape index (κ2) is 24.6. The lowest BCUT2D eigenvalue weighted by Crippen LogP contribution is -2.25. The van der Waals surface area contributed by atoms with Crippen molar-refractivity contribution >= 4 is 22.7 Å². The highest BCUT2D eigenvalue weighted by atomic mass is 16.5. The molecule has 292 valence electrons. The molecule has 1 unspecified atom stereocenters. The van der Waals surface area contributed by atoms with Crippen LogP contribution in [0.3, 0.4) is 0 Å². The molecule has 0 amide bonds. The van der Waals surface area contributed by atoms with E-state index in [0.717, 1.165) is 84.8 Å². The molecule has 0 spiro atoms. The van der Waals surface area contributed by atoms with Crippen LogP contribution in [0.2, 0.25) is 0 Å². The molecular formula is C46H64N4O4. The van der Waals surface area contributed by atoms with Crippen LogP contribution in [0.15, 0.2) is 97.1 Å². The average molecular weight is 737 g/mol. The van der Waals surface area contributed by atoms with E-state index in [4.69, 9.17) is 18.9 Å². The predicted octanol–water partition coefficient (Wildman–Crippen LogP) is 11.4. The van der Waals surface area contributed by atoms with Crippen molar-refractivity contribution in [2.45, 2.75) is 96.5 Å². The first-order chi connectivity index (χ1) is 26.7. The van der Waals surface area contributed by atoms with Gasteiger partial charge in [0.15, 0.2) is 0 Å². The van der Waals surface area contributed by atoms with Crippen LogP contribution >= 0.6 is 0 Å². The van der Waals surface area contributed by atoms with Crippen molar-refractivity contribution in [3.63, 3.8) is 0 Å². The Morgan fingerprint density at radius 1 is 0.444 bits per heavy atom. The minimum Gasteiger partial charge on any atom is -0.490 e. The second-order valence-electron chi connectivity index (χ2n) is 14.2. The van der Waals surface area contributed by atoms with Gasteiger partial charge in [0.25, 0.3) is 0 Å². The number of fused-ring (bicyclic) bond motifs is 8. The molecule has 0 saturated carbocycles. The molecule has 0 saturated heterocycles. The Labute approximate surface area is 324 Å². The molecule has 1 aliphatic heterocycles. The van der Waals surface area contributed by atoms with E-state index in [1.54, 1.807) is 0 Å². The van der Waals surface area contributed by atoms with Crippen molar-refractivity contribution < 1.29 is 18.9 Å². The van der Waals surface area contributed by atoms with Crippen LogP contribution in [0.1, 0.15) is 90.4 Å². The molecule has 0 aliphatic carbocycles. The molecule has 8 bridgehead atoms. The maximum Gasteiger partial charge on any atom is 0.133 e. The number of rotatable bonds is 13. The zero-order chi connectivity index (χ0) is 37.3. The maximum atomic E-state index is 6.63. The van der Waals surface area contributed by atoms with E-state index in [9.17, 15) is 0 Å². The number of nitrogens with one attached hydrogen (secondary N) is 4. The van der Waals surface area contributed by atoms with Gasteiger partial charge in [-0.15, -0.1) is 0 Å². The van der Waals surface area contributed by atoms with Crippen molar-refractivity contribution in [3.05, 3.63) is 97.1 Å². The van der Waals surface area contributed by atoms with Crippen LogP contribution in [-0.2, 0) is 0 Å². The van der Waals surface area contributed by atoms with Crippen LogP contribution in [0.4, 0.5) is 22.7 Å². The fraction of sp³-hybridized carbons (Fsp3) is 0.478. The summed E-state index contributed by atoms with van der Waals surface area (Å²) in [5, 5.41) is 14.1. The lowest BCUT2D eigenvalue weighted by atomic mass is 10.0. The summed E-state index contributed by atoms with van der Waals surface area (Å²) in [6.45, 7) is 6.70. The third-order valence-corrected chi connectivity index (χ3v) is 9.64. The minimum absolute atomic E-state index is 0.0491. The van der Waals surface area contributed by atoms with Gasteiger partial charge in [-0.25, -0.2) is 0 Å². The molecule has 54 heavy (non-hydrogen) atoms. The lowest BCUT2D eigenvalue weighted by molar-refractivity contribution is 0.118. The summed E-state index contributed by atoms with van der Waals surface area (Å²) < 4.78 is 25.0. The summed E-state index contributed by atoms with van der Waals surface area (Å²) in [5.41, 5.74) is 4.08. The van der Waals surface area contributed by atoms with Gasteiger partial charge in [-0.1, -0.05) is 102 Å². The summed E-state index contributed by atoms with van der Waals surface area (Å²) in [5.74, 6) is 3.32. The number of benzene rings is 4. The SMILES string of the molecule is CCCCCCCCCCCCCCC1COc2cccc(c2)NCCNc2cccc(c2)OCCOc2cccc(c2)NCCNc2cccc(c2)O1. The quantitative estimate of drug-likeness (QED) is 0.101. The summed E-state index contributed by atoms with van der Waals surface area (Å²) >= 11 is 0. The highest BCUT2D eigenvalue weighted by Gasteiger charge is 2.13. The smallest absolute Gasteiger partial charge is 0.133 e. The zero-order valence-electron chi connectivity index (χ0n) is 32.6. The topological polar surface area (TPSA) is 85.0 Å². The van der Waals surface area contributed by atoms with Crippen molar-refractivity contribution in [1.82, 2.24) is 0 Å². The molecule has 8 heteroatoms. The summed E-state index contributed by atoms with van der Waals surface area (Å²) in [6, 6.07) is 32.6. The van der Waals surface area contributed by atoms with Gasteiger partial charge < -0.3 is 40.2 Å². The van der Waals surface area contributed by atoms with Crippen LogP contribution < -0.4 is 40.2 Å². The Morgan fingerprint density at radius 3 is 1.26 bits per heavy atom. The third-order valence-electron chi connectivity index (χ3n) is 9.64. The summed E-state index contributed by atoms with van der Waals surface area (Å²) in [4.78, 5) is 0. The van der Waals surface area contributed by atoms with Gasteiger partial charge in [0.2, 0.25) is 0 Å². The van der Waals surface area contributed by atoms with Crippen LogP contribution in [0, 0.1) is 0 Å². The highest BCUT2D eigenvalue weighted by Crippen LogP contribution is 2.24. The molecule has 0 radical (unpaired) electrons. The maximum absolute atomic E-state index is 6.63. The largest absolute Gasteiger partial charge is 0.490 e. The normalized spacial score (nSPS) is 15.5. The number of hydrogen-bond donors (Lipinski definition) is 4. The molecule has 1 heterocycles. The Morgan fingerprint density at radius 2 is 0.815 bits per heavy atom. The van der Waals surface area contributed by atoms with E-state index >= 15 is 0 Å². The molecule has 0 aromatic heterocycles. The van der Waals surface area contributed by atoms with E-state index in [1.807, 2.05) is 54.6 Å². The first-order valence-corrected chi connectivity index (χ1v) is 20.6. The minimum atomic E-state index is -0.0491. The van der Waals surface area contributed by atoms with Gasteiger partial charge in [-0.3, -0.25) is 0 Å². The van der Waals surface area contributed by atoms with Crippen molar-refractivity contribution in [3.8, 4) is 23.0 Å². The molecule has 4 N–H and O–H groups in total. The highest BCUT2D eigenvalue weighted by molar-refractivity contribution is 5.52. The van der Waals surface area contributed by atoms with Crippen LogP contribution in [0.25, 0.3) is 0 Å². The molecule has 1 aliphatic rings. The molecule has 0 fully saturated rings. The molecular weight excluding hydrogens is 673 g/mol. The lowest BCUT2D eigenvalue weighted by Gasteiger charge is -2.21. The second-order valence-corrected chi connectivity index (χ2v) is 14.2. The Balaban J connectivity index is 1.17. The number of unbranched alkanes of at least 4 members (excludes halogenated alkanes) is 11. The van der Waals surface area contributed by atoms with E-state index in [0.29, 0.717) is 19.8 Å². The summed E-state index contributed by atoms with van der Waals surface area (Å²) in [7, 11) is 0. The fourth-order valence-corrected chi connectivity index (χ4v) is 6.68. The van der Waals surface area contributed by atoms with E-state index in [-0.39, 0.29) is 6.10 Å². The van der Waals surface area contributed by atoms with E-state index in [2.05, 4.69) is 70.7 Å². The number of ether oxygens (including phenoxy) is 4. The van der Waals surface area contributed by atoms with Gasteiger partial charge in [0.05, 0.1) is 0 Å². The number of anilines is 4. The van der Waals surface area contributed by atoms with E-state index in [1.165, 1.54) is 70.6 Å². The molecule has 5 rings (SSSR count). The molecule has 4 aromatic rings. The van der Waals surface area contributed by atoms with Gasteiger partial charge >= 0.3 is 0 Å². The van der Waals surface area contributed by atoms with Gasteiger partial charge in [-0.2, -0.15) is 0 Å². The first-order valence-electron chi connectivity index (χ1n) is 20.6. The van der Waals surface area contributed by atoms with Gasteiger partial charge in [0, 0.05) is 73.2 Å². The Hall–Kier alpha value is -4.72. The Bertz CT molecular complexity index is 1600. The van der Waals surface area contributed by atoms with Crippen molar-refractivity contribution in [1.29, 1.82) is 0 Å². The average Bonchev–Trinajstić information content (AvgIpc) is 3.19. The van der Waals surface area contributed by atoms with Gasteiger partial charge in [-0.05, 0) is 61.4 Å². The van der Waals surface area contributed by atoms with Crippen molar-refractivity contribution in [2.24, 2.45) is 0 Å². The molecule has 4 aromatic carbocycles. The standard InChI is InChI=1S/C46H64N4O4/c1-2-3-4-5-6-7-8-9-10-11-12-13-22-46-37-53-44-25-16-20-40(35-44)49-28-27-47-38-18-14-23-42(33-38)51-31-32-52-43-24-15-19-39(34-43)48-29-30-50-41-21-17-26-45(36-41)54-46/h14-21,23-26,33-36,46-50H,2-13,22,27-32,37H2,1H3. The number of hydrogen-bond acceptors (Lipinski definition) is 8. The van der Waals surface area contributed by atoms with Gasteiger partial charge in [0.1, 0.15) is 48.9 Å². The van der Waals surface area contributed by atoms with Crippen LogP contribution in [-0.4, -0.2) is 52.1 Å². The summed E-state index contributed by atoms with van der Waals surface area (Å²) in [6.07, 6.45) is 16.9. The Kier molecular flexibility index (Phi) is 18.4. The predicted molar refractivity (Wildman–Crippen MR) is 226 cm³/mol. The zero-order valence-corrected chi connectivity index (χ0v) is 32.6. The molecule has 1 atom stereocenters.